The van der Waals surface area contributed by atoms with Crippen LogP contribution in [-0.2, 0) is 0 Å². The molecule has 1 aromatic carbocycles. The summed E-state index contributed by atoms with van der Waals surface area (Å²) < 4.78 is 0. The maximum absolute atomic E-state index is 7.17. The molecule has 12 heavy (non-hydrogen) atoms. The van der Waals surface area contributed by atoms with Crippen LogP contribution in [0.3, 0.4) is 0 Å². The van der Waals surface area contributed by atoms with Crippen molar-refractivity contribution in [3.05, 3.63) is 35.9 Å². The first kappa shape index (κ1) is 14.3. The van der Waals surface area contributed by atoms with Gasteiger partial charge in [-0.1, -0.05) is 6.92 Å². The van der Waals surface area contributed by atoms with Crippen LogP contribution in [0.15, 0.2) is 24.3 Å². The third-order valence-corrected chi connectivity index (χ3v) is 0.865. The van der Waals surface area contributed by atoms with Gasteiger partial charge in [0, 0.05) is 0 Å². The Hall–Kier alpha value is -0.238. The van der Waals surface area contributed by atoms with Crippen LogP contribution < -0.4 is 18.9 Å². The monoisotopic (exact) mass is 160 g/mol. The van der Waals surface area contributed by atoms with E-state index in [0.29, 0.717) is 0 Å². The fourth-order valence-corrected chi connectivity index (χ4v) is 0.483. The van der Waals surface area contributed by atoms with Gasteiger partial charge in [0.15, 0.2) is 0 Å². The van der Waals surface area contributed by atoms with Crippen LogP contribution in [0, 0.1) is 13.0 Å². The Kier molecular flexibility index (Phi) is 10.5. The van der Waals surface area contributed by atoms with E-state index >= 15 is 0 Å². The van der Waals surface area contributed by atoms with Crippen molar-refractivity contribution in [3.8, 4) is 0 Å². The Morgan fingerprint density at radius 3 is 1.92 bits per heavy atom. The quantitative estimate of drug-likeness (QED) is 0.276. The fourth-order valence-electron chi connectivity index (χ4n) is 0.483. The Bertz CT molecular complexity index is 179. The molecule has 0 fully saturated rings. The molecule has 1 aromatic rings. The maximum atomic E-state index is 7.17. The van der Waals surface area contributed by atoms with E-state index in [9.17, 15) is 0 Å². The zero-order chi connectivity index (χ0) is 8.69. The largest absolute Gasteiger partial charge is 1.00 e. The molecule has 1 rings (SSSR count). The molecule has 60 valence electrons. The van der Waals surface area contributed by atoms with Crippen molar-refractivity contribution in [2.45, 2.75) is 6.92 Å². The molecule has 5 heteroatoms. The molecule has 0 bridgehead atoms. The van der Waals surface area contributed by atoms with Gasteiger partial charge >= 0.3 is 26.2 Å². The number of benzene rings is 1. The summed E-state index contributed by atoms with van der Waals surface area (Å²) in [7, 11) is -2.17. The summed E-state index contributed by atoms with van der Waals surface area (Å²) in [5, 5.41) is 21.5. The van der Waals surface area contributed by atoms with Gasteiger partial charge < -0.3 is 15.1 Å². The first-order valence-electron chi connectivity index (χ1n) is 3.10. The van der Waals surface area contributed by atoms with Gasteiger partial charge in [-0.3, -0.25) is 0 Å². The van der Waals surface area contributed by atoms with Crippen LogP contribution in [-0.4, -0.2) is 22.4 Å². The van der Waals surface area contributed by atoms with E-state index in [1.54, 1.807) is 0 Å². The average Bonchev–Trinajstić information content (AvgIpc) is 1.87. The maximum Gasteiger partial charge on any atom is 1.00 e. The van der Waals surface area contributed by atoms with Crippen LogP contribution in [0.2, 0.25) is 0 Å². The molecule has 0 aliphatic heterocycles. The molecule has 0 aliphatic rings. The van der Waals surface area contributed by atoms with Crippen LogP contribution in [0.4, 0.5) is 0 Å². The zero-order valence-electron chi connectivity index (χ0n) is 7.23. The Morgan fingerprint density at radius 1 is 1.25 bits per heavy atom. The molecular formula is C7H10BLiO3. The summed E-state index contributed by atoms with van der Waals surface area (Å²) >= 11 is 0. The second kappa shape index (κ2) is 8.86. The van der Waals surface area contributed by atoms with Gasteiger partial charge in [-0.25, -0.2) is 0 Å². The molecule has 3 N–H and O–H groups in total. The van der Waals surface area contributed by atoms with Crippen LogP contribution >= 0.6 is 0 Å². The number of hydrogen-bond donors (Lipinski definition) is 3. The smallest absolute Gasteiger partial charge is 0.402 e. The minimum absolute atomic E-state index is 0. The first-order chi connectivity index (χ1) is 5.13. The molecule has 3 nitrogen and oxygen atoms in total. The minimum atomic E-state index is -2.17. The standard InChI is InChI=1S/C7H7.BH3O3.Li/c1-7-5-3-2-4-6-7;2-1(3)4;/h2-5H,1H3;2-4H;/q-1;;+1. The predicted molar refractivity (Wildman–Crippen MR) is 42.4 cm³/mol. The van der Waals surface area contributed by atoms with E-state index < -0.39 is 7.32 Å². The van der Waals surface area contributed by atoms with E-state index in [1.165, 1.54) is 5.56 Å². The van der Waals surface area contributed by atoms with Crippen molar-refractivity contribution >= 4 is 7.32 Å². The van der Waals surface area contributed by atoms with E-state index in [1.807, 2.05) is 31.2 Å². The Balaban J connectivity index is 0. The van der Waals surface area contributed by atoms with Crippen molar-refractivity contribution in [2.75, 3.05) is 0 Å². The van der Waals surface area contributed by atoms with Gasteiger partial charge in [0.1, 0.15) is 0 Å². The van der Waals surface area contributed by atoms with Crippen molar-refractivity contribution in [1.82, 2.24) is 0 Å². The van der Waals surface area contributed by atoms with Gasteiger partial charge in [-0.05, 0) is 0 Å². The topological polar surface area (TPSA) is 60.7 Å². The van der Waals surface area contributed by atoms with Gasteiger partial charge in [-0.15, -0.1) is 0 Å². The first-order valence-corrected chi connectivity index (χ1v) is 3.10. The summed E-state index contributed by atoms with van der Waals surface area (Å²) in [5.41, 5.74) is 1.20. The number of rotatable bonds is 0. The fraction of sp³-hybridized carbons (Fsp3) is 0.143. The van der Waals surface area contributed by atoms with Gasteiger partial charge in [0.05, 0.1) is 0 Å². The normalized spacial score (nSPS) is 7.33. The van der Waals surface area contributed by atoms with Gasteiger partial charge in [0.25, 0.3) is 0 Å². The van der Waals surface area contributed by atoms with Crippen molar-refractivity contribution in [1.29, 1.82) is 0 Å². The van der Waals surface area contributed by atoms with Crippen LogP contribution in [0.5, 0.6) is 0 Å². The Labute approximate surface area is 84.4 Å². The van der Waals surface area contributed by atoms with Gasteiger partial charge in [-0.2, -0.15) is 35.9 Å². The molecule has 0 aromatic heterocycles. The summed E-state index contributed by atoms with van der Waals surface area (Å²) in [6, 6.07) is 10.9. The summed E-state index contributed by atoms with van der Waals surface area (Å²) in [6.45, 7) is 2.03. The molecule has 0 radical (unpaired) electrons. The second-order valence-electron chi connectivity index (χ2n) is 1.89. The third kappa shape index (κ3) is 12.4. The molecule has 0 saturated heterocycles. The predicted octanol–water partition coefficient (Wildman–Crippen LogP) is -3.25. The van der Waals surface area contributed by atoms with Crippen molar-refractivity contribution in [3.63, 3.8) is 0 Å². The van der Waals surface area contributed by atoms with E-state index in [4.69, 9.17) is 15.1 Å². The van der Waals surface area contributed by atoms with E-state index in [0.717, 1.165) is 0 Å². The molecule has 0 atom stereocenters. The Morgan fingerprint density at radius 2 is 1.75 bits per heavy atom. The van der Waals surface area contributed by atoms with Crippen LogP contribution in [0.25, 0.3) is 0 Å². The molecule has 0 saturated carbocycles. The van der Waals surface area contributed by atoms with E-state index in [2.05, 4.69) is 6.07 Å². The summed E-state index contributed by atoms with van der Waals surface area (Å²) in [5.74, 6) is 0. The number of aryl methyl sites for hydroxylation is 1. The number of hydrogen-bond acceptors (Lipinski definition) is 3. The molecule has 0 spiro atoms. The average molecular weight is 160 g/mol. The van der Waals surface area contributed by atoms with Gasteiger partial charge in [0.2, 0.25) is 0 Å². The molecular weight excluding hydrogens is 150 g/mol. The molecule has 0 unspecified atom stereocenters. The third-order valence-electron chi connectivity index (χ3n) is 0.865. The van der Waals surface area contributed by atoms with Crippen molar-refractivity contribution < 1.29 is 33.9 Å². The van der Waals surface area contributed by atoms with E-state index in [-0.39, 0.29) is 18.9 Å². The van der Waals surface area contributed by atoms with Crippen molar-refractivity contribution in [2.24, 2.45) is 0 Å². The molecule has 0 aliphatic carbocycles. The SMILES string of the molecule is Cc1[c-]cccc1.OB(O)O.[Li+]. The molecule has 0 heterocycles. The minimum Gasteiger partial charge on any atom is -0.402 e. The summed E-state index contributed by atoms with van der Waals surface area (Å²) in [6.07, 6.45) is 0. The molecule has 0 amide bonds. The summed E-state index contributed by atoms with van der Waals surface area (Å²) in [4.78, 5) is 0. The second-order valence-corrected chi connectivity index (χ2v) is 1.89. The van der Waals surface area contributed by atoms with Crippen LogP contribution in [0.1, 0.15) is 5.56 Å². The zero-order valence-corrected chi connectivity index (χ0v) is 7.23.